The largest absolute Gasteiger partial charge is 0.497 e. The Morgan fingerprint density at radius 2 is 1.90 bits per heavy atom. The van der Waals surface area contributed by atoms with Crippen LogP contribution in [0.15, 0.2) is 53.6 Å². The number of ether oxygens (including phenoxy) is 3. The molecule has 0 fully saturated rings. The van der Waals surface area contributed by atoms with Gasteiger partial charge in [-0.1, -0.05) is 0 Å². The molecule has 0 saturated carbocycles. The molecule has 3 aromatic rings. The van der Waals surface area contributed by atoms with Gasteiger partial charge >= 0.3 is 0 Å². The van der Waals surface area contributed by atoms with Gasteiger partial charge in [0, 0.05) is 5.56 Å². The lowest BCUT2D eigenvalue weighted by Crippen LogP contribution is -2.18. The van der Waals surface area contributed by atoms with E-state index >= 15 is 0 Å². The summed E-state index contributed by atoms with van der Waals surface area (Å²) in [5, 5.41) is 10.9. The molecule has 0 bridgehead atoms. The van der Waals surface area contributed by atoms with Crippen molar-refractivity contribution < 1.29 is 19.0 Å². The van der Waals surface area contributed by atoms with E-state index in [1.54, 1.807) is 32.4 Å². The quantitative estimate of drug-likeness (QED) is 0.451. The van der Waals surface area contributed by atoms with Crippen molar-refractivity contribution in [3.8, 4) is 28.5 Å². The Balaban J connectivity index is 1.64. The normalized spacial score (nSPS) is 10.7. The highest BCUT2D eigenvalue weighted by molar-refractivity contribution is 5.94. The molecule has 1 aromatic heterocycles. The number of carbonyl (C=O) groups is 1. The van der Waals surface area contributed by atoms with Crippen LogP contribution in [0.5, 0.6) is 17.2 Å². The summed E-state index contributed by atoms with van der Waals surface area (Å²) in [5.41, 5.74) is 5.05. The summed E-state index contributed by atoms with van der Waals surface area (Å²) >= 11 is 0. The summed E-state index contributed by atoms with van der Waals surface area (Å²) in [6, 6.07) is 14.5. The maximum atomic E-state index is 12.3. The molecule has 8 heteroatoms. The van der Waals surface area contributed by atoms with E-state index in [1.807, 2.05) is 37.3 Å². The Morgan fingerprint density at radius 1 is 1.10 bits per heavy atom. The number of hydrogen-bond acceptors (Lipinski definition) is 6. The van der Waals surface area contributed by atoms with E-state index in [1.165, 1.54) is 6.21 Å². The molecular weight excluding hydrogens is 372 g/mol. The van der Waals surface area contributed by atoms with E-state index in [-0.39, 0.29) is 0 Å². The molecule has 2 aromatic carbocycles. The number of nitrogens with one attached hydrogen (secondary N) is 2. The van der Waals surface area contributed by atoms with Crippen molar-refractivity contribution in [2.24, 2.45) is 5.10 Å². The standard InChI is InChI=1S/C21H22N4O4/c1-4-29-19-10-5-14(11-20(19)28-3)13-22-25-21(26)18-12-17(23-24-18)15-6-8-16(27-2)9-7-15/h5-13H,4H2,1-3H3,(H,23,24)(H,25,26)/b22-13-. The Hall–Kier alpha value is -3.81. The molecule has 0 spiro atoms. The highest BCUT2D eigenvalue weighted by atomic mass is 16.5. The zero-order valence-electron chi connectivity index (χ0n) is 16.4. The molecule has 2 N–H and O–H groups in total. The number of hydrazone groups is 1. The number of hydrogen-bond donors (Lipinski definition) is 2. The second kappa shape index (κ2) is 9.41. The number of H-pyrrole nitrogens is 1. The van der Waals surface area contributed by atoms with E-state index in [0.29, 0.717) is 29.5 Å². The molecule has 8 nitrogen and oxygen atoms in total. The van der Waals surface area contributed by atoms with Crippen molar-refractivity contribution in [1.29, 1.82) is 0 Å². The third kappa shape index (κ3) is 4.92. The van der Waals surface area contributed by atoms with Crippen LogP contribution in [0.2, 0.25) is 0 Å². The van der Waals surface area contributed by atoms with Gasteiger partial charge in [-0.15, -0.1) is 0 Å². The van der Waals surface area contributed by atoms with Gasteiger partial charge < -0.3 is 14.2 Å². The number of aromatic nitrogens is 2. The first-order chi connectivity index (χ1) is 14.1. The molecule has 0 atom stereocenters. The number of methoxy groups -OCH3 is 2. The summed E-state index contributed by atoms with van der Waals surface area (Å²) in [6.45, 7) is 2.45. The van der Waals surface area contributed by atoms with E-state index in [9.17, 15) is 4.79 Å². The molecule has 0 saturated heterocycles. The predicted octanol–water partition coefficient (Wildman–Crippen LogP) is 3.26. The van der Waals surface area contributed by atoms with Crippen LogP contribution in [0, 0.1) is 0 Å². The number of carbonyl (C=O) groups excluding carboxylic acids is 1. The minimum atomic E-state index is -0.397. The second-order valence-corrected chi connectivity index (χ2v) is 5.94. The minimum Gasteiger partial charge on any atom is -0.497 e. The highest BCUT2D eigenvalue weighted by Crippen LogP contribution is 2.27. The lowest BCUT2D eigenvalue weighted by Gasteiger charge is -2.09. The predicted molar refractivity (Wildman–Crippen MR) is 110 cm³/mol. The van der Waals surface area contributed by atoms with Gasteiger partial charge in [0.1, 0.15) is 11.4 Å². The van der Waals surface area contributed by atoms with Gasteiger partial charge in [0.05, 0.1) is 32.7 Å². The van der Waals surface area contributed by atoms with Gasteiger partial charge in [-0.2, -0.15) is 10.2 Å². The van der Waals surface area contributed by atoms with Gasteiger partial charge in [-0.3, -0.25) is 9.89 Å². The smallest absolute Gasteiger partial charge is 0.289 e. The molecule has 29 heavy (non-hydrogen) atoms. The number of benzene rings is 2. The van der Waals surface area contributed by atoms with Gasteiger partial charge in [0.15, 0.2) is 11.5 Å². The van der Waals surface area contributed by atoms with Gasteiger partial charge in [0.2, 0.25) is 0 Å². The first kappa shape index (κ1) is 19.9. The summed E-state index contributed by atoms with van der Waals surface area (Å²) in [5.74, 6) is 1.61. The second-order valence-electron chi connectivity index (χ2n) is 5.94. The van der Waals surface area contributed by atoms with Crippen molar-refractivity contribution >= 4 is 12.1 Å². The fourth-order valence-electron chi connectivity index (χ4n) is 2.61. The average Bonchev–Trinajstić information content (AvgIpc) is 3.25. The van der Waals surface area contributed by atoms with E-state index in [0.717, 1.165) is 16.9 Å². The monoisotopic (exact) mass is 394 g/mol. The molecule has 0 unspecified atom stereocenters. The molecular formula is C21H22N4O4. The van der Waals surface area contributed by atoms with Crippen LogP contribution >= 0.6 is 0 Å². The Kier molecular flexibility index (Phi) is 6.47. The Bertz CT molecular complexity index is 996. The molecule has 1 amide bonds. The summed E-state index contributed by atoms with van der Waals surface area (Å²) in [7, 11) is 3.18. The van der Waals surface area contributed by atoms with Crippen LogP contribution in [-0.2, 0) is 0 Å². The number of rotatable bonds is 8. The first-order valence-corrected chi connectivity index (χ1v) is 8.98. The number of amides is 1. The van der Waals surface area contributed by atoms with Crippen molar-refractivity contribution in [2.45, 2.75) is 6.92 Å². The molecule has 0 radical (unpaired) electrons. The number of aromatic amines is 1. The van der Waals surface area contributed by atoms with Crippen molar-refractivity contribution in [2.75, 3.05) is 20.8 Å². The molecule has 3 rings (SSSR count). The van der Waals surface area contributed by atoms with Gasteiger partial charge in [-0.25, -0.2) is 5.43 Å². The Labute approximate surface area is 168 Å². The van der Waals surface area contributed by atoms with E-state index in [2.05, 4.69) is 20.7 Å². The van der Waals surface area contributed by atoms with Crippen molar-refractivity contribution in [3.05, 3.63) is 59.8 Å². The highest BCUT2D eigenvalue weighted by Gasteiger charge is 2.10. The van der Waals surface area contributed by atoms with Crippen LogP contribution in [0.1, 0.15) is 23.0 Å². The summed E-state index contributed by atoms with van der Waals surface area (Å²) in [4.78, 5) is 12.3. The fraction of sp³-hybridized carbons (Fsp3) is 0.190. The van der Waals surface area contributed by atoms with E-state index in [4.69, 9.17) is 14.2 Å². The average molecular weight is 394 g/mol. The lowest BCUT2D eigenvalue weighted by atomic mass is 10.1. The van der Waals surface area contributed by atoms with E-state index < -0.39 is 5.91 Å². The maximum Gasteiger partial charge on any atom is 0.289 e. The molecule has 150 valence electrons. The van der Waals surface area contributed by atoms with Gasteiger partial charge in [-0.05, 0) is 61.0 Å². The Morgan fingerprint density at radius 3 is 2.59 bits per heavy atom. The SMILES string of the molecule is CCOc1ccc(/C=N\NC(=O)c2cc(-c3ccc(OC)cc3)n[nH]2)cc1OC. The van der Waals surface area contributed by atoms with Crippen LogP contribution in [0.25, 0.3) is 11.3 Å². The lowest BCUT2D eigenvalue weighted by molar-refractivity contribution is 0.0950. The van der Waals surface area contributed by atoms with Crippen LogP contribution in [0.3, 0.4) is 0 Å². The van der Waals surface area contributed by atoms with Crippen molar-refractivity contribution in [3.63, 3.8) is 0 Å². The van der Waals surface area contributed by atoms with Crippen LogP contribution in [-0.4, -0.2) is 43.1 Å². The fourth-order valence-corrected chi connectivity index (χ4v) is 2.61. The topological polar surface area (TPSA) is 97.8 Å². The van der Waals surface area contributed by atoms with Gasteiger partial charge in [0.25, 0.3) is 5.91 Å². The van der Waals surface area contributed by atoms with Crippen LogP contribution < -0.4 is 19.6 Å². The molecule has 0 aliphatic carbocycles. The summed E-state index contributed by atoms with van der Waals surface area (Å²) in [6.07, 6.45) is 1.52. The zero-order chi connectivity index (χ0) is 20.6. The zero-order valence-corrected chi connectivity index (χ0v) is 16.4. The summed E-state index contributed by atoms with van der Waals surface area (Å²) < 4.78 is 15.9. The maximum absolute atomic E-state index is 12.3. The van der Waals surface area contributed by atoms with Crippen molar-refractivity contribution in [1.82, 2.24) is 15.6 Å². The minimum absolute atomic E-state index is 0.303. The van der Waals surface area contributed by atoms with Crippen LogP contribution in [0.4, 0.5) is 0 Å². The first-order valence-electron chi connectivity index (χ1n) is 8.98. The molecule has 0 aliphatic rings. The molecule has 0 aliphatic heterocycles. The molecule has 1 heterocycles. The number of nitrogens with zero attached hydrogens (tertiary/aromatic N) is 2. The third-order valence-corrected chi connectivity index (χ3v) is 4.08. The third-order valence-electron chi connectivity index (χ3n) is 4.08.